The molecule has 3 rings (SSSR count). The molecule has 2 heterocycles. The maximum atomic E-state index is 12.8. The Kier molecular flexibility index (Phi) is 6.11. The molecule has 148 valence electrons. The Morgan fingerprint density at radius 1 is 1.30 bits per heavy atom. The van der Waals surface area contributed by atoms with E-state index in [1.165, 1.54) is 13.2 Å². The van der Waals surface area contributed by atoms with E-state index in [4.69, 9.17) is 26.8 Å². The Bertz CT molecular complexity index is 713. The number of nitrogen functional groups attached to an aromatic ring is 1. The third kappa shape index (κ3) is 4.30. The number of hydrogen-bond donors (Lipinski definition) is 2. The number of benzene rings is 1. The van der Waals surface area contributed by atoms with Crippen molar-refractivity contribution < 1.29 is 19.1 Å². The Labute approximate surface area is 164 Å². The summed E-state index contributed by atoms with van der Waals surface area (Å²) in [7, 11) is 1.49. The van der Waals surface area contributed by atoms with E-state index in [2.05, 4.69) is 10.2 Å². The van der Waals surface area contributed by atoms with E-state index in [1.807, 2.05) is 6.92 Å². The number of esters is 1. The number of nitrogens with one attached hydrogen (secondary N) is 1. The lowest BCUT2D eigenvalue weighted by atomic mass is 9.96. The average molecular weight is 396 g/mol. The Hall–Kier alpha value is -1.99. The number of fused-ring (bicyclic) bond motifs is 2. The molecule has 2 fully saturated rings. The molecule has 1 aromatic carbocycles. The number of halogens is 1. The molecule has 0 spiro atoms. The number of anilines is 1. The zero-order valence-corrected chi connectivity index (χ0v) is 16.4. The molecule has 1 amide bonds. The van der Waals surface area contributed by atoms with Crippen molar-refractivity contribution in [3.63, 3.8) is 0 Å². The van der Waals surface area contributed by atoms with Gasteiger partial charge in [-0.25, -0.2) is 0 Å². The molecule has 2 unspecified atom stereocenters. The summed E-state index contributed by atoms with van der Waals surface area (Å²) < 4.78 is 10.3. The second-order valence-electron chi connectivity index (χ2n) is 7.08. The Morgan fingerprint density at radius 3 is 2.56 bits per heavy atom. The highest BCUT2D eigenvalue weighted by atomic mass is 35.5. The summed E-state index contributed by atoms with van der Waals surface area (Å²) >= 11 is 6.07. The van der Waals surface area contributed by atoms with Gasteiger partial charge in [0.25, 0.3) is 5.91 Å². The number of rotatable bonds is 6. The summed E-state index contributed by atoms with van der Waals surface area (Å²) in [4.78, 5) is 26.8. The maximum absolute atomic E-state index is 12.8. The maximum Gasteiger partial charge on any atom is 0.320 e. The van der Waals surface area contributed by atoms with Crippen molar-refractivity contribution in [3.05, 3.63) is 22.7 Å². The standard InChI is InChI=1S/C19H26ClN3O4/c1-3-27-18(24)10-23-12-4-5-13(23)7-11(6-12)22-19(25)14-8-15(20)16(21)9-17(14)26-2/h8-9,11-13H,3-7,10,21H2,1-2H3,(H,22,25). The molecular formula is C19H26ClN3O4. The van der Waals surface area contributed by atoms with Gasteiger partial charge in [0, 0.05) is 24.2 Å². The summed E-state index contributed by atoms with van der Waals surface area (Å²) in [5.41, 5.74) is 6.53. The minimum atomic E-state index is -0.225. The van der Waals surface area contributed by atoms with E-state index in [9.17, 15) is 9.59 Å². The van der Waals surface area contributed by atoms with Crippen molar-refractivity contribution in [2.75, 3.05) is 26.0 Å². The second kappa shape index (κ2) is 8.35. The van der Waals surface area contributed by atoms with E-state index in [-0.39, 0.29) is 30.0 Å². The van der Waals surface area contributed by atoms with Gasteiger partial charge in [0.2, 0.25) is 0 Å². The number of amides is 1. The van der Waals surface area contributed by atoms with Gasteiger partial charge in [-0.2, -0.15) is 0 Å². The van der Waals surface area contributed by atoms with E-state index in [0.29, 0.717) is 35.2 Å². The van der Waals surface area contributed by atoms with Crippen molar-refractivity contribution in [1.82, 2.24) is 10.2 Å². The van der Waals surface area contributed by atoms with Gasteiger partial charge in [0.15, 0.2) is 0 Å². The van der Waals surface area contributed by atoms with Crippen molar-refractivity contribution >= 4 is 29.2 Å². The van der Waals surface area contributed by atoms with Crippen molar-refractivity contribution in [3.8, 4) is 5.75 Å². The van der Waals surface area contributed by atoms with Crippen molar-refractivity contribution in [2.45, 2.75) is 50.7 Å². The van der Waals surface area contributed by atoms with Crippen LogP contribution in [0.15, 0.2) is 12.1 Å². The smallest absolute Gasteiger partial charge is 0.320 e. The number of methoxy groups -OCH3 is 1. The minimum absolute atomic E-state index is 0.0504. The van der Waals surface area contributed by atoms with Crippen molar-refractivity contribution in [2.24, 2.45) is 0 Å². The number of hydrogen-bond acceptors (Lipinski definition) is 6. The van der Waals surface area contributed by atoms with Gasteiger partial charge in [0.1, 0.15) is 5.75 Å². The summed E-state index contributed by atoms with van der Waals surface area (Å²) in [6, 6.07) is 3.72. The van der Waals surface area contributed by atoms with Crippen LogP contribution in [0.3, 0.4) is 0 Å². The minimum Gasteiger partial charge on any atom is -0.496 e. The van der Waals surface area contributed by atoms with Crippen LogP contribution in [0.2, 0.25) is 5.02 Å². The van der Waals surface area contributed by atoms with Crippen LogP contribution in [0.1, 0.15) is 43.0 Å². The third-order valence-corrected chi connectivity index (χ3v) is 5.73. The Morgan fingerprint density at radius 2 is 1.96 bits per heavy atom. The first-order valence-corrected chi connectivity index (χ1v) is 9.66. The molecule has 0 radical (unpaired) electrons. The molecule has 2 aliphatic rings. The van der Waals surface area contributed by atoms with Crippen molar-refractivity contribution in [1.29, 1.82) is 0 Å². The normalized spacial score (nSPS) is 24.5. The molecular weight excluding hydrogens is 370 g/mol. The quantitative estimate of drug-likeness (QED) is 0.566. The van der Waals surface area contributed by atoms with Crippen LogP contribution in [0.5, 0.6) is 5.75 Å². The highest BCUT2D eigenvalue weighted by Gasteiger charge is 2.42. The summed E-state index contributed by atoms with van der Waals surface area (Å²) in [5.74, 6) is -0.00718. The third-order valence-electron chi connectivity index (χ3n) is 5.40. The molecule has 0 aliphatic carbocycles. The molecule has 7 nitrogen and oxygen atoms in total. The van der Waals surface area contributed by atoms with Crippen LogP contribution >= 0.6 is 11.6 Å². The molecule has 1 aromatic rings. The zero-order valence-electron chi connectivity index (χ0n) is 15.7. The van der Waals surface area contributed by atoms with Gasteiger partial charge in [-0.1, -0.05) is 11.6 Å². The first-order valence-electron chi connectivity index (χ1n) is 9.28. The van der Waals surface area contributed by atoms with Gasteiger partial charge >= 0.3 is 5.97 Å². The predicted molar refractivity (Wildman–Crippen MR) is 103 cm³/mol. The van der Waals surface area contributed by atoms with Gasteiger partial charge in [-0.05, 0) is 38.7 Å². The molecule has 0 aromatic heterocycles. The fraction of sp³-hybridized carbons (Fsp3) is 0.579. The van der Waals surface area contributed by atoms with Crippen LogP contribution in [-0.2, 0) is 9.53 Å². The SMILES string of the molecule is CCOC(=O)CN1C2CCC1CC(NC(=O)c1cc(Cl)c(N)cc1OC)C2. The monoisotopic (exact) mass is 395 g/mol. The average Bonchev–Trinajstić information content (AvgIpc) is 2.86. The fourth-order valence-corrected chi connectivity index (χ4v) is 4.35. The largest absolute Gasteiger partial charge is 0.496 e. The van der Waals surface area contributed by atoms with Crippen LogP contribution in [0.4, 0.5) is 5.69 Å². The van der Waals surface area contributed by atoms with E-state index in [0.717, 1.165) is 25.7 Å². The first-order chi connectivity index (χ1) is 12.9. The first kappa shape index (κ1) is 19.8. The molecule has 27 heavy (non-hydrogen) atoms. The van der Waals surface area contributed by atoms with Gasteiger partial charge in [0.05, 0.1) is 36.5 Å². The van der Waals surface area contributed by atoms with Crippen LogP contribution in [0, 0.1) is 0 Å². The number of nitrogens with two attached hydrogens (primary N) is 1. The molecule has 2 bridgehead atoms. The van der Waals surface area contributed by atoms with E-state index in [1.54, 1.807) is 6.07 Å². The lowest BCUT2D eigenvalue weighted by molar-refractivity contribution is -0.145. The van der Waals surface area contributed by atoms with Crippen LogP contribution in [0.25, 0.3) is 0 Å². The molecule has 2 atom stereocenters. The van der Waals surface area contributed by atoms with Gasteiger partial charge < -0.3 is 20.5 Å². The lowest BCUT2D eigenvalue weighted by Gasteiger charge is -2.38. The van der Waals surface area contributed by atoms with Crippen LogP contribution in [-0.4, -0.2) is 55.2 Å². The topological polar surface area (TPSA) is 93.9 Å². The second-order valence-corrected chi connectivity index (χ2v) is 7.49. The predicted octanol–water partition coefficient (Wildman–Crippen LogP) is 2.22. The number of nitrogens with zero attached hydrogens (tertiary/aromatic N) is 1. The number of ether oxygens (including phenoxy) is 2. The summed E-state index contributed by atoms with van der Waals surface area (Å²) in [6.07, 6.45) is 3.69. The zero-order chi connectivity index (χ0) is 19.6. The van der Waals surface area contributed by atoms with E-state index < -0.39 is 0 Å². The molecule has 2 aliphatic heterocycles. The lowest BCUT2D eigenvalue weighted by Crippen LogP contribution is -2.51. The van der Waals surface area contributed by atoms with Gasteiger partial charge in [-0.3, -0.25) is 14.5 Å². The number of piperidine rings is 1. The van der Waals surface area contributed by atoms with Crippen LogP contribution < -0.4 is 15.8 Å². The number of carbonyl (C=O) groups is 2. The number of carbonyl (C=O) groups excluding carboxylic acids is 2. The molecule has 3 N–H and O–H groups in total. The van der Waals surface area contributed by atoms with Gasteiger partial charge in [-0.15, -0.1) is 0 Å². The highest BCUT2D eigenvalue weighted by Crippen LogP contribution is 2.36. The van der Waals surface area contributed by atoms with E-state index >= 15 is 0 Å². The Balaban J connectivity index is 1.64. The summed E-state index contributed by atoms with van der Waals surface area (Å²) in [6.45, 7) is 2.53. The molecule has 8 heteroatoms. The summed E-state index contributed by atoms with van der Waals surface area (Å²) in [5, 5.41) is 3.42. The molecule has 2 saturated heterocycles. The molecule has 0 saturated carbocycles. The fourth-order valence-electron chi connectivity index (χ4n) is 4.18. The highest BCUT2D eigenvalue weighted by molar-refractivity contribution is 6.33.